The van der Waals surface area contributed by atoms with E-state index in [0.29, 0.717) is 0 Å². The third-order valence-electron chi connectivity index (χ3n) is 0. The van der Waals surface area contributed by atoms with Gasteiger partial charge in [0.05, 0.1) is 0 Å². The molecule has 0 fully saturated rings. The van der Waals surface area contributed by atoms with Crippen LogP contribution >= 0.6 is 37.2 Å². The topological polar surface area (TPSA) is 31.5 Å². The quantitative estimate of drug-likeness (QED) is 0.622. The molecule has 0 heterocycles. The van der Waals surface area contributed by atoms with Crippen LogP contribution in [0.2, 0.25) is 0 Å². The van der Waals surface area contributed by atoms with Crippen LogP contribution in [0.5, 0.6) is 0 Å². The first-order valence-corrected chi connectivity index (χ1v) is 0. The molecule has 0 spiro atoms. The summed E-state index contributed by atoms with van der Waals surface area (Å²) in [7, 11) is 0. The summed E-state index contributed by atoms with van der Waals surface area (Å²) < 4.78 is 0. The first-order chi connectivity index (χ1) is 0. The van der Waals surface area contributed by atoms with E-state index in [-0.39, 0.29) is 89.6 Å². The summed E-state index contributed by atoms with van der Waals surface area (Å²) in [5, 5.41) is 0. The van der Waals surface area contributed by atoms with Gasteiger partial charge in [0, 0.05) is 46.9 Å². The van der Waals surface area contributed by atoms with Crippen molar-refractivity contribution < 1.29 is 52.4 Å². The first-order valence-electron chi connectivity index (χ1n) is 0. The third kappa shape index (κ3) is 21.8. The van der Waals surface area contributed by atoms with Gasteiger partial charge in [0.1, 0.15) is 0 Å². The zero-order chi connectivity index (χ0) is 0. The van der Waals surface area contributed by atoms with Gasteiger partial charge in [0.2, 0.25) is 0 Å². The molecule has 0 aliphatic heterocycles. The van der Waals surface area contributed by atoms with Gasteiger partial charge in [-0.2, -0.15) is 0 Å². The second-order valence-electron chi connectivity index (χ2n) is 0. The van der Waals surface area contributed by atoms with Gasteiger partial charge < -0.3 is 5.48 Å². The van der Waals surface area contributed by atoms with E-state index in [1.165, 1.54) is 0 Å². The van der Waals surface area contributed by atoms with Crippen molar-refractivity contribution in [3.05, 3.63) is 0 Å². The molecule has 0 unspecified atom stereocenters. The Labute approximate surface area is 88.0 Å². The maximum absolute atomic E-state index is 0. The van der Waals surface area contributed by atoms with Crippen LogP contribution in [0.25, 0.3) is 0 Å². The summed E-state index contributed by atoms with van der Waals surface area (Å²) in [5.41, 5.74) is 0. The van der Waals surface area contributed by atoms with Gasteiger partial charge in [-0.05, 0) is 0 Å². The fourth-order valence-electron chi connectivity index (χ4n) is 0. The Morgan fingerprint density at radius 3 is 0.600 bits per heavy atom. The van der Waals surface area contributed by atoms with Crippen molar-refractivity contribution in [3.8, 4) is 0 Å². The minimum absolute atomic E-state index is 0. The summed E-state index contributed by atoms with van der Waals surface area (Å²) in [6.45, 7) is 0. The molecule has 46 valence electrons. The van der Waals surface area contributed by atoms with E-state index < -0.39 is 0 Å². The van der Waals surface area contributed by atoms with Crippen molar-refractivity contribution in [1.29, 1.82) is 0 Å². The molecule has 1 nitrogen and oxygen atoms in total. The maximum atomic E-state index is 0. The Bertz CT molecular complexity index is 6.85. The van der Waals surface area contributed by atoms with E-state index in [0.717, 1.165) is 0 Å². The molecule has 0 aromatic carbocycles. The molecule has 0 amide bonds. The fraction of sp³-hybridized carbons (Fsp3) is 0. The first kappa shape index (κ1) is 53.7. The predicted molar refractivity (Wildman–Crippen MR) is 25.4 cm³/mol. The maximum Gasteiger partial charge on any atom is 0 e. The molecule has 0 saturated carbocycles. The van der Waals surface area contributed by atoms with E-state index in [4.69, 9.17) is 0 Å². The van der Waals surface area contributed by atoms with Gasteiger partial charge in [0.25, 0.3) is 0 Å². The molecule has 0 saturated heterocycles. The molecular weight excluding hydrogens is 295 g/mol. The van der Waals surface area contributed by atoms with E-state index >= 15 is 0 Å². The number of halogens is 3. The van der Waals surface area contributed by atoms with E-state index in [1.807, 2.05) is 0 Å². The fourth-order valence-corrected chi connectivity index (χ4v) is 0. The molecule has 0 bridgehead atoms. The van der Waals surface area contributed by atoms with Crippen molar-refractivity contribution in [1.82, 2.24) is 0 Å². The number of hydrogen-bond donors (Lipinski definition) is 0. The van der Waals surface area contributed by atoms with Crippen molar-refractivity contribution >= 4 is 37.2 Å². The van der Waals surface area contributed by atoms with E-state index in [1.54, 1.807) is 0 Å². The Morgan fingerprint density at radius 2 is 0.600 bits per heavy atom. The summed E-state index contributed by atoms with van der Waals surface area (Å²) in [6, 6.07) is 0. The monoisotopic (exact) mass is 300 g/mol. The summed E-state index contributed by atoms with van der Waals surface area (Å²) in [6.07, 6.45) is 0. The standard InChI is InChI=1S/3ClH.H2O.Yb/h3*1H;1H2;. The molecule has 2 N–H and O–H groups in total. The molecule has 0 radical (unpaired) electrons. The van der Waals surface area contributed by atoms with Crippen molar-refractivity contribution in [2.75, 3.05) is 0 Å². The van der Waals surface area contributed by atoms with Crippen molar-refractivity contribution in [2.45, 2.75) is 0 Å². The Hall–Kier alpha value is 2.35. The van der Waals surface area contributed by atoms with Crippen LogP contribution in [-0.2, 0) is 0 Å². The minimum atomic E-state index is 0. The second kappa shape index (κ2) is 32.9. The van der Waals surface area contributed by atoms with Crippen LogP contribution in [0.3, 0.4) is 0 Å². The van der Waals surface area contributed by atoms with E-state index in [2.05, 4.69) is 0 Å². The molecule has 5 heteroatoms. The average Bonchev–Trinajstić information content (AvgIpc) is 0. The Balaban J connectivity index is 0. The van der Waals surface area contributed by atoms with Gasteiger partial charge in [-0.1, -0.05) is 0 Å². The molecule has 0 aliphatic rings. The predicted octanol–water partition coefficient (Wildman–Crippen LogP) is 0.441. The van der Waals surface area contributed by atoms with Crippen LogP contribution in [0.4, 0.5) is 0 Å². The number of rotatable bonds is 0. The van der Waals surface area contributed by atoms with Gasteiger partial charge in [-0.15, -0.1) is 37.2 Å². The van der Waals surface area contributed by atoms with Crippen LogP contribution in [0, 0.1) is 46.9 Å². The van der Waals surface area contributed by atoms with Gasteiger partial charge in [-0.3, -0.25) is 0 Å². The zero-order valence-electron chi connectivity index (χ0n) is 1.99. The molecule has 0 atom stereocenters. The van der Waals surface area contributed by atoms with Crippen molar-refractivity contribution in [3.63, 3.8) is 0 Å². The summed E-state index contributed by atoms with van der Waals surface area (Å²) in [5.74, 6) is 0. The van der Waals surface area contributed by atoms with E-state index in [9.17, 15) is 0 Å². The van der Waals surface area contributed by atoms with Crippen molar-refractivity contribution in [2.24, 2.45) is 0 Å². The van der Waals surface area contributed by atoms with Crippen LogP contribution in [0.1, 0.15) is 0 Å². The minimum Gasteiger partial charge on any atom is -0.412 e. The molecule has 0 aliphatic carbocycles. The normalized spacial score (nSPS) is 0. The summed E-state index contributed by atoms with van der Waals surface area (Å²) >= 11 is 0. The van der Waals surface area contributed by atoms with Crippen LogP contribution < -0.4 is 0 Å². The Morgan fingerprint density at radius 1 is 0.600 bits per heavy atom. The molecule has 0 aromatic rings. The smallest absolute Gasteiger partial charge is 0 e. The number of hydrogen-bond acceptors (Lipinski definition) is 0. The van der Waals surface area contributed by atoms with Crippen LogP contribution in [0.15, 0.2) is 0 Å². The largest absolute Gasteiger partial charge is 0.412 e. The van der Waals surface area contributed by atoms with Gasteiger partial charge in [0.15, 0.2) is 0 Å². The van der Waals surface area contributed by atoms with Crippen LogP contribution in [-0.4, -0.2) is 5.48 Å². The SMILES string of the molecule is Cl.Cl.Cl.O.[Yb]. The molecule has 5 heavy (non-hydrogen) atoms. The zero-order valence-corrected chi connectivity index (χ0v) is 6.16. The summed E-state index contributed by atoms with van der Waals surface area (Å²) in [4.78, 5) is 0. The second-order valence-corrected chi connectivity index (χ2v) is 0. The third-order valence-corrected chi connectivity index (χ3v) is 0. The van der Waals surface area contributed by atoms with Gasteiger partial charge >= 0.3 is 0 Å². The Kier molecular flexibility index (Phi) is 353. The molecule has 0 aromatic heterocycles. The average molecular weight is 300 g/mol. The van der Waals surface area contributed by atoms with Gasteiger partial charge in [-0.25, -0.2) is 0 Å². The molecular formula is H5Cl3OYb. The molecule has 0 rings (SSSR count).